The molecule has 1 heterocycles. The van der Waals surface area contributed by atoms with Crippen molar-refractivity contribution in [1.29, 1.82) is 0 Å². The third kappa shape index (κ3) is 4.42. The monoisotopic (exact) mass is 570 g/mol. The molecule has 6 aromatic carbocycles. The minimum atomic E-state index is -2.35. The molecule has 0 nitrogen and oxygen atoms in total. The van der Waals surface area contributed by atoms with E-state index >= 15 is 0 Å². The topological polar surface area (TPSA) is 0 Å². The number of fused-ring (bicyclic) bond motifs is 2. The second-order valence-electron chi connectivity index (χ2n) is 12.8. The number of rotatable bonds is 4. The van der Waals surface area contributed by atoms with E-state index in [4.69, 9.17) is 0 Å². The van der Waals surface area contributed by atoms with Crippen LogP contribution >= 0.6 is 0 Å². The quantitative estimate of drug-likeness (QED) is 0.185. The van der Waals surface area contributed by atoms with Gasteiger partial charge in [0, 0.05) is 0 Å². The van der Waals surface area contributed by atoms with Crippen molar-refractivity contribution in [1.82, 2.24) is 0 Å². The van der Waals surface area contributed by atoms with Gasteiger partial charge in [-0.15, -0.1) is 0 Å². The zero-order valence-corrected chi connectivity index (χ0v) is 27.0. The number of hydrogen-bond donors (Lipinski definition) is 0. The standard InChI is InChI=1S/C42H38Si/c1-27-13-11-17-33(25-27)39-40(34-18-12-14-28(2)26-34)42(38-30(4)22-24-32-16-8-10-20-36(32)38)43(5,6)41(39)37-29(3)21-23-31-15-7-9-19-35(31)37/h7-26H,1-6H3. The van der Waals surface area contributed by atoms with Crippen LogP contribution in [-0.4, -0.2) is 8.07 Å². The molecule has 0 spiro atoms. The maximum atomic E-state index is 2.60. The van der Waals surface area contributed by atoms with Gasteiger partial charge in [0.15, 0.2) is 0 Å². The summed E-state index contributed by atoms with van der Waals surface area (Å²) in [6, 6.07) is 45.5. The molecule has 1 aliphatic heterocycles. The third-order valence-corrected chi connectivity index (χ3v) is 12.9. The zero-order valence-electron chi connectivity index (χ0n) is 26.0. The summed E-state index contributed by atoms with van der Waals surface area (Å²) in [7, 11) is -2.35. The van der Waals surface area contributed by atoms with Crippen molar-refractivity contribution in [3.05, 3.63) is 166 Å². The second kappa shape index (κ2) is 10.4. The van der Waals surface area contributed by atoms with E-state index in [2.05, 4.69) is 162 Å². The van der Waals surface area contributed by atoms with Gasteiger partial charge in [-0.05, 0) is 104 Å². The highest BCUT2D eigenvalue weighted by molar-refractivity contribution is 7.13. The fourth-order valence-corrected chi connectivity index (χ4v) is 11.4. The van der Waals surface area contributed by atoms with E-state index in [1.165, 1.54) is 77.2 Å². The first-order valence-electron chi connectivity index (χ1n) is 15.4. The van der Waals surface area contributed by atoms with Crippen molar-refractivity contribution in [3.8, 4) is 0 Å². The lowest BCUT2D eigenvalue weighted by Crippen LogP contribution is -2.29. The fourth-order valence-electron chi connectivity index (χ4n) is 7.48. The van der Waals surface area contributed by atoms with Gasteiger partial charge in [-0.25, -0.2) is 0 Å². The van der Waals surface area contributed by atoms with Gasteiger partial charge < -0.3 is 0 Å². The van der Waals surface area contributed by atoms with Crippen LogP contribution in [0.3, 0.4) is 0 Å². The third-order valence-electron chi connectivity index (χ3n) is 9.39. The van der Waals surface area contributed by atoms with E-state index in [1.54, 1.807) is 10.4 Å². The first-order valence-corrected chi connectivity index (χ1v) is 18.4. The highest BCUT2D eigenvalue weighted by Gasteiger charge is 2.45. The van der Waals surface area contributed by atoms with Crippen LogP contribution < -0.4 is 0 Å². The molecular weight excluding hydrogens is 533 g/mol. The van der Waals surface area contributed by atoms with Gasteiger partial charge in [0.1, 0.15) is 8.07 Å². The minimum Gasteiger partial charge on any atom is -0.0616 e. The molecule has 0 fully saturated rings. The summed E-state index contributed by atoms with van der Waals surface area (Å²) < 4.78 is 0. The van der Waals surface area contributed by atoms with E-state index < -0.39 is 8.07 Å². The molecule has 6 aromatic rings. The molecule has 7 rings (SSSR count). The summed E-state index contributed by atoms with van der Waals surface area (Å²) in [6.45, 7) is 14.2. The lowest BCUT2D eigenvalue weighted by atomic mass is 9.86. The fraction of sp³-hybridized carbons (Fsp3) is 0.143. The van der Waals surface area contributed by atoms with Crippen LogP contribution in [0.15, 0.2) is 121 Å². The molecule has 210 valence electrons. The van der Waals surface area contributed by atoms with Crippen molar-refractivity contribution in [2.75, 3.05) is 0 Å². The van der Waals surface area contributed by atoms with E-state index in [0.29, 0.717) is 0 Å². The lowest BCUT2D eigenvalue weighted by Gasteiger charge is -2.30. The Morgan fingerprint density at radius 2 is 0.837 bits per heavy atom. The summed E-state index contributed by atoms with van der Waals surface area (Å²) in [5, 5.41) is 8.40. The number of aryl methyl sites for hydroxylation is 4. The Hall–Kier alpha value is -4.46. The average Bonchev–Trinajstić information content (AvgIpc) is 3.23. The van der Waals surface area contributed by atoms with E-state index in [0.717, 1.165) is 0 Å². The van der Waals surface area contributed by atoms with Gasteiger partial charge in [-0.2, -0.15) is 0 Å². The van der Waals surface area contributed by atoms with Crippen LogP contribution in [0.25, 0.3) is 43.1 Å². The normalized spacial score (nSPS) is 14.7. The SMILES string of the molecule is Cc1cccc(C2=C(c3c(C)ccc4ccccc34)[Si](C)(C)C(c3c(C)ccc4ccccc34)=C2c2cccc(C)c2)c1. The summed E-state index contributed by atoms with van der Waals surface area (Å²) >= 11 is 0. The van der Waals surface area contributed by atoms with Crippen LogP contribution in [-0.2, 0) is 0 Å². The van der Waals surface area contributed by atoms with E-state index in [-0.39, 0.29) is 0 Å². The molecule has 0 atom stereocenters. The Morgan fingerprint density at radius 1 is 0.419 bits per heavy atom. The molecule has 0 aromatic heterocycles. The Kier molecular flexibility index (Phi) is 6.60. The highest BCUT2D eigenvalue weighted by atomic mass is 28.3. The van der Waals surface area contributed by atoms with E-state index in [1.807, 2.05) is 0 Å². The molecule has 0 unspecified atom stereocenters. The first-order chi connectivity index (χ1) is 20.8. The number of allylic oxidation sites excluding steroid dienone is 2. The molecule has 0 saturated carbocycles. The average molecular weight is 571 g/mol. The van der Waals surface area contributed by atoms with Crippen molar-refractivity contribution in [2.24, 2.45) is 0 Å². The van der Waals surface area contributed by atoms with Crippen molar-refractivity contribution in [3.63, 3.8) is 0 Å². The van der Waals surface area contributed by atoms with Gasteiger partial charge in [-0.1, -0.05) is 146 Å². The van der Waals surface area contributed by atoms with Crippen molar-refractivity contribution < 1.29 is 0 Å². The summed E-state index contributed by atoms with van der Waals surface area (Å²) in [4.78, 5) is 0. The molecule has 0 amide bonds. The molecular formula is C42H38Si. The van der Waals surface area contributed by atoms with Gasteiger partial charge in [0.05, 0.1) is 0 Å². The maximum absolute atomic E-state index is 2.60. The molecule has 0 aliphatic carbocycles. The Morgan fingerprint density at radius 3 is 1.26 bits per heavy atom. The number of benzene rings is 6. The molecule has 1 aliphatic rings. The minimum absolute atomic E-state index is 1.29. The summed E-state index contributed by atoms with van der Waals surface area (Å²) in [6.07, 6.45) is 0. The number of hydrogen-bond acceptors (Lipinski definition) is 0. The van der Waals surface area contributed by atoms with Gasteiger partial charge >= 0.3 is 0 Å². The molecule has 0 N–H and O–H groups in total. The van der Waals surface area contributed by atoms with Gasteiger partial charge in [0.2, 0.25) is 0 Å². The molecule has 0 radical (unpaired) electrons. The van der Waals surface area contributed by atoms with Crippen LogP contribution in [0.1, 0.15) is 44.5 Å². The predicted octanol–water partition coefficient (Wildman–Crippen LogP) is 11.5. The second-order valence-corrected chi connectivity index (χ2v) is 17.1. The predicted molar refractivity (Wildman–Crippen MR) is 191 cm³/mol. The van der Waals surface area contributed by atoms with Crippen LogP contribution in [0.2, 0.25) is 13.1 Å². The van der Waals surface area contributed by atoms with E-state index in [9.17, 15) is 0 Å². The lowest BCUT2D eigenvalue weighted by molar-refractivity contribution is 1.43. The summed E-state index contributed by atoms with van der Waals surface area (Å²) in [5.74, 6) is 0. The van der Waals surface area contributed by atoms with Crippen LogP contribution in [0, 0.1) is 27.7 Å². The van der Waals surface area contributed by atoms with Crippen LogP contribution in [0.4, 0.5) is 0 Å². The molecule has 0 bridgehead atoms. The molecule has 0 saturated heterocycles. The van der Waals surface area contributed by atoms with Crippen LogP contribution in [0.5, 0.6) is 0 Å². The zero-order chi connectivity index (χ0) is 29.9. The van der Waals surface area contributed by atoms with Crippen molar-refractivity contribution >= 4 is 51.2 Å². The Bertz CT molecular complexity index is 1980. The highest BCUT2D eigenvalue weighted by Crippen LogP contribution is 2.58. The Labute approximate surface area is 257 Å². The van der Waals surface area contributed by atoms with Gasteiger partial charge in [0.25, 0.3) is 0 Å². The largest absolute Gasteiger partial charge is 0.115 e. The molecule has 1 heteroatoms. The summed E-state index contributed by atoms with van der Waals surface area (Å²) in [5.41, 5.74) is 13.6. The first kappa shape index (κ1) is 27.4. The Balaban J connectivity index is 1.72. The smallest absolute Gasteiger partial charge is 0.0616 e. The van der Waals surface area contributed by atoms with Crippen molar-refractivity contribution in [2.45, 2.75) is 40.8 Å². The molecule has 43 heavy (non-hydrogen) atoms. The maximum Gasteiger partial charge on any atom is 0.115 e. The van der Waals surface area contributed by atoms with Gasteiger partial charge in [-0.3, -0.25) is 0 Å².